The van der Waals surface area contributed by atoms with Crippen molar-refractivity contribution in [1.29, 1.82) is 0 Å². The fourth-order valence-electron chi connectivity index (χ4n) is 4.54. The number of hydrogen-bond donors (Lipinski definition) is 1. The summed E-state index contributed by atoms with van der Waals surface area (Å²) in [4.78, 5) is 22.9. The molecule has 4 nitrogen and oxygen atoms in total. The second kappa shape index (κ2) is 25.0. The Balaban J connectivity index is 4.03. The molecule has 0 bridgehead atoms. The summed E-state index contributed by atoms with van der Waals surface area (Å²) in [6.45, 7) is 6.84. The Kier molecular flexibility index (Phi) is 24.3. The van der Waals surface area contributed by atoms with Crippen molar-refractivity contribution in [3.63, 3.8) is 0 Å². The van der Waals surface area contributed by atoms with Crippen LogP contribution >= 0.6 is 0 Å². The highest BCUT2D eigenvalue weighted by Gasteiger charge is 2.14. The van der Waals surface area contributed by atoms with Crippen molar-refractivity contribution in [2.24, 2.45) is 5.92 Å². The first-order valence-corrected chi connectivity index (χ1v) is 14.9. The number of unbranched alkanes of at least 4 members (excludes halogenated alkanes) is 15. The monoisotopic (exact) mass is 482 g/mol. The van der Waals surface area contributed by atoms with Crippen LogP contribution in [0.5, 0.6) is 0 Å². The van der Waals surface area contributed by atoms with Crippen LogP contribution in [-0.2, 0) is 14.3 Å². The largest absolute Gasteiger partial charge is 0.481 e. The average molecular weight is 483 g/mol. The fourth-order valence-corrected chi connectivity index (χ4v) is 4.54. The van der Waals surface area contributed by atoms with E-state index in [1.165, 1.54) is 96.3 Å². The molecule has 34 heavy (non-hydrogen) atoms. The topological polar surface area (TPSA) is 63.6 Å². The maximum Gasteiger partial charge on any atom is 0.306 e. The highest BCUT2D eigenvalue weighted by atomic mass is 16.5. The van der Waals surface area contributed by atoms with E-state index in [0.717, 1.165) is 31.6 Å². The first-order chi connectivity index (χ1) is 16.5. The zero-order valence-corrected chi connectivity index (χ0v) is 23.1. The SMILES string of the molecule is CCCCCCCCCCCCCC(CCCCCCCC(C)C)OC(=O)CCCCC(=O)O. The normalized spacial score (nSPS) is 12.2. The number of carbonyl (C=O) groups is 2. The van der Waals surface area contributed by atoms with Gasteiger partial charge in [-0.3, -0.25) is 9.59 Å². The standard InChI is InChI=1S/C30H58O4/c1-4-5-6-7-8-9-10-11-12-15-18-23-28(24-19-16-13-14-17-22-27(2)3)34-30(33)26-21-20-25-29(31)32/h27-28H,4-26H2,1-3H3,(H,31,32). The van der Waals surface area contributed by atoms with E-state index < -0.39 is 5.97 Å². The Morgan fingerprint density at radius 2 is 1.00 bits per heavy atom. The molecule has 0 amide bonds. The molecule has 0 spiro atoms. The van der Waals surface area contributed by atoms with Crippen molar-refractivity contribution in [2.45, 2.75) is 175 Å². The molecule has 0 saturated carbocycles. The summed E-state index contributed by atoms with van der Waals surface area (Å²) in [5, 5.41) is 8.74. The van der Waals surface area contributed by atoms with Crippen molar-refractivity contribution in [1.82, 2.24) is 0 Å². The van der Waals surface area contributed by atoms with E-state index in [4.69, 9.17) is 9.84 Å². The Morgan fingerprint density at radius 1 is 0.588 bits per heavy atom. The number of ether oxygens (including phenoxy) is 1. The molecule has 0 aliphatic rings. The average Bonchev–Trinajstić information content (AvgIpc) is 2.79. The minimum absolute atomic E-state index is 0.0428. The van der Waals surface area contributed by atoms with Crippen LogP contribution in [-0.4, -0.2) is 23.1 Å². The number of esters is 1. The van der Waals surface area contributed by atoms with Gasteiger partial charge in [0.05, 0.1) is 0 Å². The van der Waals surface area contributed by atoms with E-state index in [2.05, 4.69) is 20.8 Å². The summed E-state index contributed by atoms with van der Waals surface area (Å²) in [6.07, 6.45) is 25.8. The van der Waals surface area contributed by atoms with Gasteiger partial charge in [-0.15, -0.1) is 0 Å². The van der Waals surface area contributed by atoms with Gasteiger partial charge in [-0.2, -0.15) is 0 Å². The van der Waals surface area contributed by atoms with Crippen LogP contribution < -0.4 is 0 Å². The predicted molar refractivity (Wildman–Crippen MR) is 144 cm³/mol. The van der Waals surface area contributed by atoms with Crippen LogP contribution in [0.3, 0.4) is 0 Å². The lowest BCUT2D eigenvalue weighted by Gasteiger charge is -2.18. The van der Waals surface area contributed by atoms with E-state index in [-0.39, 0.29) is 18.5 Å². The van der Waals surface area contributed by atoms with Gasteiger partial charge in [0.25, 0.3) is 0 Å². The molecule has 4 heteroatoms. The van der Waals surface area contributed by atoms with Gasteiger partial charge in [-0.1, -0.05) is 117 Å². The Bertz CT molecular complexity index is 461. The molecular weight excluding hydrogens is 424 g/mol. The highest BCUT2D eigenvalue weighted by Crippen LogP contribution is 2.19. The molecule has 0 heterocycles. The number of carboxylic acid groups (broad SMARTS) is 1. The van der Waals surface area contributed by atoms with E-state index in [1.54, 1.807) is 0 Å². The first kappa shape index (κ1) is 32.9. The van der Waals surface area contributed by atoms with Crippen LogP contribution in [0.1, 0.15) is 168 Å². The maximum absolute atomic E-state index is 12.3. The zero-order valence-electron chi connectivity index (χ0n) is 23.1. The van der Waals surface area contributed by atoms with Gasteiger partial charge >= 0.3 is 11.9 Å². The van der Waals surface area contributed by atoms with Crippen molar-refractivity contribution in [3.8, 4) is 0 Å². The van der Waals surface area contributed by atoms with Crippen molar-refractivity contribution < 1.29 is 19.4 Å². The third-order valence-corrected chi connectivity index (χ3v) is 6.76. The smallest absolute Gasteiger partial charge is 0.306 e. The third-order valence-electron chi connectivity index (χ3n) is 6.76. The van der Waals surface area contributed by atoms with Crippen LogP contribution in [0.4, 0.5) is 0 Å². The zero-order chi connectivity index (χ0) is 25.3. The van der Waals surface area contributed by atoms with Crippen LogP contribution in [0, 0.1) is 5.92 Å². The number of hydrogen-bond acceptors (Lipinski definition) is 3. The van der Waals surface area contributed by atoms with Gasteiger partial charge in [0.2, 0.25) is 0 Å². The quantitative estimate of drug-likeness (QED) is 0.0984. The molecule has 0 fully saturated rings. The molecule has 202 valence electrons. The number of carboxylic acids is 1. The van der Waals surface area contributed by atoms with E-state index >= 15 is 0 Å². The van der Waals surface area contributed by atoms with Gasteiger partial charge in [-0.25, -0.2) is 0 Å². The van der Waals surface area contributed by atoms with Gasteiger partial charge in [0, 0.05) is 12.8 Å². The summed E-state index contributed by atoms with van der Waals surface area (Å²) < 4.78 is 5.82. The molecule has 0 aromatic carbocycles. The summed E-state index contributed by atoms with van der Waals surface area (Å²) >= 11 is 0. The lowest BCUT2D eigenvalue weighted by Crippen LogP contribution is -2.18. The Hall–Kier alpha value is -1.06. The highest BCUT2D eigenvalue weighted by molar-refractivity contribution is 5.70. The lowest BCUT2D eigenvalue weighted by molar-refractivity contribution is -0.150. The molecule has 1 atom stereocenters. The molecule has 0 rings (SSSR count). The molecule has 0 aliphatic carbocycles. The second-order valence-electron chi connectivity index (χ2n) is 10.8. The Morgan fingerprint density at radius 3 is 1.44 bits per heavy atom. The van der Waals surface area contributed by atoms with Crippen LogP contribution in [0.25, 0.3) is 0 Å². The predicted octanol–water partition coefficient (Wildman–Crippen LogP) is 9.63. The number of aliphatic carboxylic acids is 1. The molecule has 1 N–H and O–H groups in total. The minimum atomic E-state index is -0.795. The summed E-state index contributed by atoms with van der Waals surface area (Å²) in [5.74, 6) is -0.142. The maximum atomic E-state index is 12.3. The molecule has 0 radical (unpaired) electrons. The van der Waals surface area contributed by atoms with Gasteiger partial charge < -0.3 is 9.84 Å². The van der Waals surface area contributed by atoms with Crippen molar-refractivity contribution >= 4 is 11.9 Å². The van der Waals surface area contributed by atoms with Gasteiger partial charge in [0.1, 0.15) is 6.10 Å². The number of carbonyl (C=O) groups excluding carboxylic acids is 1. The summed E-state index contributed by atoms with van der Waals surface area (Å²) in [7, 11) is 0. The van der Waals surface area contributed by atoms with Gasteiger partial charge in [-0.05, 0) is 44.4 Å². The van der Waals surface area contributed by atoms with E-state index in [0.29, 0.717) is 19.3 Å². The molecule has 0 saturated heterocycles. The molecule has 0 aliphatic heterocycles. The van der Waals surface area contributed by atoms with Gasteiger partial charge in [0.15, 0.2) is 0 Å². The second-order valence-corrected chi connectivity index (χ2v) is 10.8. The summed E-state index contributed by atoms with van der Waals surface area (Å²) in [6, 6.07) is 0. The molecule has 0 aromatic heterocycles. The Labute approximate surface area is 212 Å². The van der Waals surface area contributed by atoms with Crippen molar-refractivity contribution in [2.75, 3.05) is 0 Å². The van der Waals surface area contributed by atoms with E-state index in [1.807, 2.05) is 0 Å². The lowest BCUT2D eigenvalue weighted by atomic mass is 10.0. The molecule has 1 unspecified atom stereocenters. The molecule has 0 aromatic rings. The van der Waals surface area contributed by atoms with Crippen LogP contribution in [0.2, 0.25) is 0 Å². The van der Waals surface area contributed by atoms with Crippen molar-refractivity contribution in [3.05, 3.63) is 0 Å². The summed E-state index contributed by atoms with van der Waals surface area (Å²) in [5.41, 5.74) is 0. The molecular formula is C30H58O4. The third kappa shape index (κ3) is 25.6. The van der Waals surface area contributed by atoms with Crippen LogP contribution in [0.15, 0.2) is 0 Å². The minimum Gasteiger partial charge on any atom is -0.481 e. The number of rotatable bonds is 26. The first-order valence-electron chi connectivity index (χ1n) is 14.9. The fraction of sp³-hybridized carbons (Fsp3) is 0.933. The van der Waals surface area contributed by atoms with E-state index in [9.17, 15) is 9.59 Å².